The molecule has 2 rings (SSSR count). The van der Waals surface area contributed by atoms with Gasteiger partial charge in [0.1, 0.15) is 5.82 Å². The van der Waals surface area contributed by atoms with Gasteiger partial charge in [-0.15, -0.1) is 0 Å². The van der Waals surface area contributed by atoms with Gasteiger partial charge in [-0.05, 0) is 43.2 Å². The molecule has 2 aromatic carbocycles. The summed E-state index contributed by atoms with van der Waals surface area (Å²) in [5.74, 6) is -0.258. The Morgan fingerprint density at radius 1 is 1.06 bits per heavy atom. The summed E-state index contributed by atoms with van der Waals surface area (Å²) < 4.78 is 13.7. The minimum atomic E-state index is -0.258. The Balaban J connectivity index is 2.42. The Bertz CT molecular complexity index is 530. The predicted molar refractivity (Wildman–Crippen MR) is 70.0 cm³/mol. The summed E-state index contributed by atoms with van der Waals surface area (Å²) in [5, 5.41) is 3.09. The highest BCUT2D eigenvalue weighted by atomic mass is 19.1. The van der Waals surface area contributed by atoms with Crippen LogP contribution in [0.25, 0.3) is 0 Å². The van der Waals surface area contributed by atoms with Gasteiger partial charge in [-0.25, -0.2) is 4.39 Å². The van der Waals surface area contributed by atoms with Crippen molar-refractivity contribution in [2.75, 3.05) is 11.1 Å². The van der Waals surface area contributed by atoms with Gasteiger partial charge in [-0.2, -0.15) is 0 Å². The maximum absolute atomic E-state index is 13.7. The summed E-state index contributed by atoms with van der Waals surface area (Å²) in [6.07, 6.45) is 0. The molecule has 88 valence electrons. The van der Waals surface area contributed by atoms with Crippen LogP contribution in [-0.4, -0.2) is 0 Å². The number of nitrogen functional groups attached to an aromatic ring is 1. The highest BCUT2D eigenvalue weighted by Crippen LogP contribution is 2.27. The van der Waals surface area contributed by atoms with Crippen LogP contribution >= 0.6 is 0 Å². The zero-order valence-corrected chi connectivity index (χ0v) is 9.92. The van der Waals surface area contributed by atoms with Crippen molar-refractivity contribution >= 4 is 17.1 Å². The number of para-hydroxylation sites is 1. The molecule has 0 aliphatic rings. The third-order valence-electron chi connectivity index (χ3n) is 2.86. The van der Waals surface area contributed by atoms with Gasteiger partial charge in [0, 0.05) is 11.4 Å². The average molecular weight is 230 g/mol. The predicted octanol–water partition coefficient (Wildman–Crippen LogP) is 3.77. The Kier molecular flexibility index (Phi) is 3.00. The lowest BCUT2D eigenvalue weighted by molar-refractivity contribution is 0.631. The molecule has 0 atom stereocenters. The van der Waals surface area contributed by atoms with Crippen LogP contribution in [0.5, 0.6) is 0 Å². The molecule has 0 saturated heterocycles. The second kappa shape index (κ2) is 4.45. The molecule has 2 aromatic rings. The van der Waals surface area contributed by atoms with Gasteiger partial charge in [-0.3, -0.25) is 0 Å². The number of aryl methyl sites for hydroxylation is 1. The Labute approximate surface area is 100 Å². The summed E-state index contributed by atoms with van der Waals surface area (Å²) in [4.78, 5) is 0. The van der Waals surface area contributed by atoms with Crippen LogP contribution in [0, 0.1) is 19.7 Å². The molecular formula is C14H15FN2. The lowest BCUT2D eigenvalue weighted by Gasteiger charge is -2.13. The first-order chi connectivity index (χ1) is 8.09. The van der Waals surface area contributed by atoms with Crippen LogP contribution in [0.15, 0.2) is 36.4 Å². The summed E-state index contributed by atoms with van der Waals surface area (Å²) in [5.41, 5.74) is 9.64. The van der Waals surface area contributed by atoms with E-state index in [-0.39, 0.29) is 5.82 Å². The molecule has 0 aliphatic heterocycles. The molecule has 17 heavy (non-hydrogen) atoms. The molecule has 0 unspecified atom stereocenters. The Hall–Kier alpha value is -2.03. The van der Waals surface area contributed by atoms with Crippen LogP contribution in [0.4, 0.5) is 21.5 Å². The minimum Gasteiger partial charge on any atom is -0.398 e. The van der Waals surface area contributed by atoms with Gasteiger partial charge in [0.15, 0.2) is 0 Å². The van der Waals surface area contributed by atoms with E-state index in [0.29, 0.717) is 11.4 Å². The standard InChI is InChI=1S/C14H15FN2/c1-9-5-3-6-11(15)14(9)17-13-8-4-7-12(16)10(13)2/h3-8,17H,16H2,1-2H3. The number of nitrogens with two attached hydrogens (primary N) is 1. The first kappa shape index (κ1) is 11.5. The molecule has 3 N–H and O–H groups in total. The van der Waals surface area contributed by atoms with Crippen LogP contribution in [-0.2, 0) is 0 Å². The molecular weight excluding hydrogens is 215 g/mol. The third kappa shape index (κ3) is 2.23. The second-order valence-corrected chi connectivity index (χ2v) is 4.08. The quantitative estimate of drug-likeness (QED) is 0.771. The average Bonchev–Trinajstić information content (AvgIpc) is 2.29. The first-order valence-electron chi connectivity index (χ1n) is 5.47. The van der Waals surface area contributed by atoms with Crippen molar-refractivity contribution in [1.29, 1.82) is 0 Å². The van der Waals surface area contributed by atoms with Gasteiger partial charge in [-0.1, -0.05) is 18.2 Å². The number of halogens is 1. The van der Waals surface area contributed by atoms with Crippen molar-refractivity contribution < 1.29 is 4.39 Å². The van der Waals surface area contributed by atoms with Gasteiger partial charge in [0.25, 0.3) is 0 Å². The monoisotopic (exact) mass is 230 g/mol. The molecule has 0 spiro atoms. The third-order valence-corrected chi connectivity index (χ3v) is 2.86. The summed E-state index contributed by atoms with van der Waals surface area (Å²) in [7, 11) is 0. The number of hydrogen-bond donors (Lipinski definition) is 2. The molecule has 0 radical (unpaired) electrons. The van der Waals surface area contributed by atoms with Crippen molar-refractivity contribution in [2.24, 2.45) is 0 Å². The maximum atomic E-state index is 13.7. The number of nitrogens with one attached hydrogen (secondary N) is 1. The number of anilines is 3. The molecule has 3 heteroatoms. The largest absolute Gasteiger partial charge is 0.398 e. The fourth-order valence-electron chi connectivity index (χ4n) is 1.71. The molecule has 2 nitrogen and oxygen atoms in total. The number of rotatable bonds is 2. The van der Waals surface area contributed by atoms with Gasteiger partial charge < -0.3 is 11.1 Å². The summed E-state index contributed by atoms with van der Waals surface area (Å²) >= 11 is 0. The van der Waals surface area contributed by atoms with Crippen molar-refractivity contribution in [3.8, 4) is 0 Å². The van der Waals surface area contributed by atoms with Crippen molar-refractivity contribution in [3.05, 3.63) is 53.3 Å². The molecule has 0 aliphatic carbocycles. The SMILES string of the molecule is Cc1cccc(F)c1Nc1cccc(N)c1C. The van der Waals surface area contributed by atoms with E-state index in [9.17, 15) is 4.39 Å². The first-order valence-corrected chi connectivity index (χ1v) is 5.47. The molecule has 0 fully saturated rings. The number of benzene rings is 2. The molecule has 0 heterocycles. The van der Waals surface area contributed by atoms with E-state index in [1.807, 2.05) is 38.1 Å². The van der Waals surface area contributed by atoms with Crippen molar-refractivity contribution in [2.45, 2.75) is 13.8 Å². The van der Waals surface area contributed by atoms with Crippen molar-refractivity contribution in [1.82, 2.24) is 0 Å². The van der Waals surface area contributed by atoms with Crippen LogP contribution in [0.2, 0.25) is 0 Å². The zero-order chi connectivity index (χ0) is 12.4. The summed E-state index contributed by atoms with van der Waals surface area (Å²) in [6.45, 7) is 3.78. The van der Waals surface area contributed by atoms with E-state index in [2.05, 4.69) is 5.32 Å². The Morgan fingerprint density at radius 3 is 2.47 bits per heavy atom. The lowest BCUT2D eigenvalue weighted by Crippen LogP contribution is -2.00. The van der Waals surface area contributed by atoms with Crippen molar-refractivity contribution in [3.63, 3.8) is 0 Å². The van der Waals surface area contributed by atoms with Gasteiger partial charge in [0.2, 0.25) is 0 Å². The topological polar surface area (TPSA) is 38.0 Å². The fraction of sp³-hybridized carbons (Fsp3) is 0.143. The Morgan fingerprint density at radius 2 is 1.76 bits per heavy atom. The van der Waals surface area contributed by atoms with E-state index in [4.69, 9.17) is 5.73 Å². The number of hydrogen-bond acceptors (Lipinski definition) is 2. The normalized spacial score (nSPS) is 10.3. The fourth-order valence-corrected chi connectivity index (χ4v) is 1.71. The smallest absolute Gasteiger partial charge is 0.146 e. The van der Waals surface area contributed by atoms with Gasteiger partial charge >= 0.3 is 0 Å². The molecule has 0 saturated carbocycles. The summed E-state index contributed by atoms with van der Waals surface area (Å²) in [6, 6.07) is 10.6. The van der Waals surface area contributed by atoms with E-state index >= 15 is 0 Å². The molecule has 0 aromatic heterocycles. The van der Waals surface area contributed by atoms with Crippen LogP contribution in [0.3, 0.4) is 0 Å². The maximum Gasteiger partial charge on any atom is 0.146 e. The van der Waals surface area contributed by atoms with Crippen LogP contribution in [0.1, 0.15) is 11.1 Å². The highest BCUT2D eigenvalue weighted by Gasteiger charge is 2.07. The second-order valence-electron chi connectivity index (χ2n) is 4.08. The van der Waals surface area contributed by atoms with E-state index in [0.717, 1.165) is 16.8 Å². The zero-order valence-electron chi connectivity index (χ0n) is 9.92. The van der Waals surface area contributed by atoms with E-state index in [1.54, 1.807) is 6.07 Å². The van der Waals surface area contributed by atoms with E-state index in [1.165, 1.54) is 6.07 Å². The molecule has 0 amide bonds. The highest BCUT2D eigenvalue weighted by molar-refractivity contribution is 5.70. The van der Waals surface area contributed by atoms with Crippen LogP contribution < -0.4 is 11.1 Å². The molecule has 0 bridgehead atoms. The minimum absolute atomic E-state index is 0.258. The lowest BCUT2D eigenvalue weighted by atomic mass is 10.1. The van der Waals surface area contributed by atoms with Gasteiger partial charge in [0.05, 0.1) is 5.69 Å². The van der Waals surface area contributed by atoms with E-state index < -0.39 is 0 Å².